The fourth-order valence-electron chi connectivity index (χ4n) is 2.82. The largest absolute Gasteiger partial charge is 2.00 e. The van der Waals surface area contributed by atoms with Crippen molar-refractivity contribution >= 4 is 46.0 Å². The standard InChI is InChI=1S/C23H21Cl2N3.2ClH.Fe/c1-14-8-5-10-18(24)22(14)26-16(3)20-12-7-13-21(28-20)17(4)27-23-15(2)9-6-11-19(23)25;;;/h5-13H,1-4H3;2*1H;/q;;;+2/p-2/b26-16+,27-17+;;;. The molecular formula is C23H21Cl4FeN3. The van der Waals surface area contributed by atoms with Crippen molar-refractivity contribution in [1.29, 1.82) is 0 Å². The van der Waals surface area contributed by atoms with Crippen LogP contribution in [-0.4, -0.2) is 16.4 Å². The third-order valence-corrected chi connectivity index (χ3v) is 5.04. The maximum atomic E-state index is 6.30. The molecule has 3 rings (SSSR count). The molecule has 0 fully saturated rings. The molecule has 1 heterocycles. The van der Waals surface area contributed by atoms with E-state index >= 15 is 0 Å². The van der Waals surface area contributed by atoms with Gasteiger partial charge in [0.1, 0.15) is 0 Å². The molecule has 1 aromatic heterocycles. The van der Waals surface area contributed by atoms with Gasteiger partial charge in [0.15, 0.2) is 0 Å². The van der Waals surface area contributed by atoms with E-state index in [2.05, 4.69) is 0 Å². The van der Waals surface area contributed by atoms with Crippen molar-refractivity contribution in [2.24, 2.45) is 9.98 Å². The van der Waals surface area contributed by atoms with Crippen LogP contribution >= 0.6 is 23.2 Å². The monoisotopic (exact) mass is 535 g/mol. The van der Waals surface area contributed by atoms with E-state index in [1.54, 1.807) is 0 Å². The molecule has 0 saturated carbocycles. The number of nitrogens with zero attached hydrogens (tertiary/aromatic N) is 3. The summed E-state index contributed by atoms with van der Waals surface area (Å²) in [5.41, 5.74) is 6.73. The van der Waals surface area contributed by atoms with Crippen LogP contribution < -0.4 is 24.8 Å². The van der Waals surface area contributed by atoms with Crippen molar-refractivity contribution in [3.63, 3.8) is 0 Å². The van der Waals surface area contributed by atoms with Crippen LogP contribution in [0.3, 0.4) is 0 Å². The van der Waals surface area contributed by atoms with E-state index in [9.17, 15) is 0 Å². The molecule has 164 valence electrons. The molecule has 0 N–H and O–H groups in total. The average Bonchev–Trinajstić information content (AvgIpc) is 2.67. The van der Waals surface area contributed by atoms with E-state index in [4.69, 9.17) is 38.2 Å². The first-order chi connectivity index (χ1) is 13.4. The van der Waals surface area contributed by atoms with Gasteiger partial charge in [0.2, 0.25) is 0 Å². The van der Waals surface area contributed by atoms with Gasteiger partial charge in [0, 0.05) is 0 Å². The summed E-state index contributed by atoms with van der Waals surface area (Å²) in [6.45, 7) is 7.84. The third-order valence-electron chi connectivity index (χ3n) is 4.43. The molecule has 2 aromatic carbocycles. The summed E-state index contributed by atoms with van der Waals surface area (Å²) in [6.07, 6.45) is 0. The Balaban J connectivity index is 0.00000300. The zero-order valence-electron chi connectivity index (χ0n) is 17.4. The van der Waals surface area contributed by atoms with Gasteiger partial charge in [-0.15, -0.1) is 0 Å². The molecule has 0 radical (unpaired) electrons. The molecular weight excluding hydrogens is 516 g/mol. The Labute approximate surface area is 216 Å². The van der Waals surface area contributed by atoms with Gasteiger partial charge in [-0.25, -0.2) is 15.0 Å². The summed E-state index contributed by atoms with van der Waals surface area (Å²) in [5.74, 6) is 0. The van der Waals surface area contributed by atoms with E-state index in [-0.39, 0.29) is 41.9 Å². The van der Waals surface area contributed by atoms with E-state index in [0.717, 1.165) is 45.3 Å². The zero-order chi connectivity index (χ0) is 20.3. The number of aliphatic imine (C=N–C) groups is 2. The number of hydrogen-bond acceptors (Lipinski definition) is 3. The van der Waals surface area contributed by atoms with Crippen LogP contribution in [0.2, 0.25) is 10.0 Å². The van der Waals surface area contributed by atoms with Gasteiger partial charge in [-0.05, 0) is 63.1 Å². The number of benzene rings is 2. The quantitative estimate of drug-likeness (QED) is 0.366. The molecule has 31 heavy (non-hydrogen) atoms. The maximum Gasteiger partial charge on any atom is 2.00 e. The van der Waals surface area contributed by atoms with Gasteiger partial charge in [0.25, 0.3) is 0 Å². The fourth-order valence-corrected chi connectivity index (χ4v) is 3.35. The second-order valence-electron chi connectivity index (χ2n) is 6.61. The van der Waals surface area contributed by atoms with Crippen LogP contribution in [0.25, 0.3) is 0 Å². The molecule has 8 heteroatoms. The minimum atomic E-state index is 0. The van der Waals surface area contributed by atoms with Crippen molar-refractivity contribution in [1.82, 2.24) is 4.98 Å². The van der Waals surface area contributed by atoms with Crippen LogP contribution in [0.4, 0.5) is 11.4 Å². The van der Waals surface area contributed by atoms with Gasteiger partial charge < -0.3 is 24.8 Å². The van der Waals surface area contributed by atoms with Crippen molar-refractivity contribution in [2.75, 3.05) is 0 Å². The number of rotatable bonds is 4. The molecule has 0 aliphatic carbocycles. The first-order valence-corrected chi connectivity index (χ1v) is 9.71. The van der Waals surface area contributed by atoms with Gasteiger partial charge in [-0.2, -0.15) is 0 Å². The predicted molar refractivity (Wildman–Crippen MR) is 120 cm³/mol. The molecule has 0 spiro atoms. The van der Waals surface area contributed by atoms with E-state index in [1.807, 2.05) is 82.3 Å². The molecule has 0 aliphatic heterocycles. The normalized spacial score (nSPS) is 11.2. The summed E-state index contributed by atoms with van der Waals surface area (Å²) < 4.78 is 0. The number of hydrogen-bond donors (Lipinski definition) is 0. The summed E-state index contributed by atoms with van der Waals surface area (Å²) in [6, 6.07) is 17.3. The summed E-state index contributed by atoms with van der Waals surface area (Å²) in [4.78, 5) is 14.1. The SMILES string of the molecule is C/C(=N\c1c(C)cccc1Cl)c1cccc(/C(C)=N/c2c(C)cccc2Cl)n1.[Cl-].[Cl-].[Fe+2]. The molecule has 0 amide bonds. The Morgan fingerprint density at radius 3 is 1.39 bits per heavy atom. The topological polar surface area (TPSA) is 37.6 Å². The first kappa shape index (κ1) is 29.6. The number of halogens is 4. The minimum absolute atomic E-state index is 0. The molecule has 0 saturated heterocycles. The average molecular weight is 537 g/mol. The fraction of sp³-hybridized carbons (Fsp3) is 0.174. The molecule has 3 nitrogen and oxygen atoms in total. The van der Waals surface area contributed by atoms with Crippen LogP contribution in [0, 0.1) is 13.8 Å². The summed E-state index contributed by atoms with van der Waals surface area (Å²) in [7, 11) is 0. The van der Waals surface area contributed by atoms with Crippen LogP contribution in [-0.2, 0) is 17.1 Å². The van der Waals surface area contributed by atoms with Gasteiger partial charge in [-0.3, -0.25) is 0 Å². The van der Waals surface area contributed by atoms with Crippen LogP contribution in [0.15, 0.2) is 64.6 Å². The number of pyridine rings is 1. The van der Waals surface area contributed by atoms with Crippen LogP contribution in [0.5, 0.6) is 0 Å². The van der Waals surface area contributed by atoms with Crippen molar-refractivity contribution in [2.45, 2.75) is 27.7 Å². The smallest absolute Gasteiger partial charge is 1.00 e. The predicted octanol–water partition coefficient (Wildman–Crippen LogP) is 1.29. The Hall–Kier alpha value is -1.39. The number of para-hydroxylation sites is 2. The minimum Gasteiger partial charge on any atom is -1.00 e. The molecule has 3 aromatic rings. The molecule has 0 unspecified atom stereocenters. The summed E-state index contributed by atoms with van der Waals surface area (Å²) >= 11 is 12.6. The van der Waals surface area contributed by atoms with Gasteiger partial charge in [0.05, 0.1) is 44.2 Å². The Morgan fingerprint density at radius 2 is 1.03 bits per heavy atom. The second-order valence-corrected chi connectivity index (χ2v) is 7.43. The molecule has 0 aliphatic rings. The van der Waals surface area contributed by atoms with Crippen molar-refractivity contribution in [3.05, 3.63) is 87.2 Å². The van der Waals surface area contributed by atoms with Gasteiger partial charge in [-0.1, -0.05) is 53.5 Å². The summed E-state index contributed by atoms with van der Waals surface area (Å²) in [5, 5.41) is 1.25. The molecule has 0 bridgehead atoms. The molecule has 0 atom stereocenters. The Kier molecular flexibility index (Phi) is 12.6. The van der Waals surface area contributed by atoms with Crippen molar-refractivity contribution < 1.29 is 41.9 Å². The van der Waals surface area contributed by atoms with E-state index < -0.39 is 0 Å². The van der Waals surface area contributed by atoms with Crippen LogP contribution in [0.1, 0.15) is 36.4 Å². The Bertz CT molecular complexity index is 975. The van der Waals surface area contributed by atoms with Gasteiger partial charge >= 0.3 is 17.1 Å². The van der Waals surface area contributed by atoms with E-state index in [1.165, 1.54) is 0 Å². The Morgan fingerprint density at radius 1 is 0.677 bits per heavy atom. The number of aryl methyl sites for hydroxylation is 2. The number of aromatic nitrogens is 1. The maximum absolute atomic E-state index is 6.30. The third kappa shape index (κ3) is 7.32. The zero-order valence-corrected chi connectivity index (χ0v) is 21.5. The van der Waals surface area contributed by atoms with Crippen molar-refractivity contribution in [3.8, 4) is 0 Å². The first-order valence-electron chi connectivity index (χ1n) is 8.95. The second kappa shape index (κ2) is 13.2. The van der Waals surface area contributed by atoms with E-state index in [0.29, 0.717) is 10.0 Å².